The van der Waals surface area contributed by atoms with Gasteiger partial charge in [-0.1, -0.05) is 35.9 Å². The van der Waals surface area contributed by atoms with Crippen molar-refractivity contribution in [1.29, 1.82) is 0 Å². The molecule has 2 aromatic rings. The number of ether oxygens (including phenoxy) is 2. The molecule has 1 fully saturated rings. The van der Waals surface area contributed by atoms with Crippen LogP contribution >= 0.6 is 11.6 Å². The van der Waals surface area contributed by atoms with E-state index in [1.807, 2.05) is 38.1 Å². The van der Waals surface area contributed by atoms with Gasteiger partial charge in [0.1, 0.15) is 5.75 Å². The first-order valence-corrected chi connectivity index (χ1v) is 9.71. The van der Waals surface area contributed by atoms with Crippen LogP contribution in [0, 0.1) is 0 Å². The zero-order valence-electron chi connectivity index (χ0n) is 16.2. The van der Waals surface area contributed by atoms with Gasteiger partial charge in [0.2, 0.25) is 0 Å². The molecule has 1 saturated heterocycles. The van der Waals surface area contributed by atoms with E-state index in [9.17, 15) is 5.11 Å². The number of aliphatic hydroxyl groups is 2. The van der Waals surface area contributed by atoms with E-state index >= 15 is 0 Å². The Morgan fingerprint density at radius 2 is 1.81 bits per heavy atom. The molecule has 0 aromatic heterocycles. The van der Waals surface area contributed by atoms with Gasteiger partial charge in [-0.15, -0.1) is 0 Å². The van der Waals surface area contributed by atoms with Crippen molar-refractivity contribution in [3.05, 3.63) is 64.2 Å². The SMILES string of the molecule is CCOc1ccc(Cc2cc(C3CC(O)CC(C)O3)ccc2Cl)cc1.CO. The minimum absolute atomic E-state index is 0.0685. The Bertz CT molecular complexity index is 692. The van der Waals surface area contributed by atoms with Crippen molar-refractivity contribution in [2.75, 3.05) is 13.7 Å². The van der Waals surface area contributed by atoms with Crippen LogP contribution in [0.25, 0.3) is 0 Å². The first-order valence-electron chi connectivity index (χ1n) is 9.33. The van der Waals surface area contributed by atoms with Gasteiger partial charge >= 0.3 is 0 Å². The average molecular weight is 393 g/mol. The lowest BCUT2D eigenvalue weighted by Crippen LogP contribution is -2.29. The molecule has 2 N–H and O–H groups in total. The Labute approximate surface area is 166 Å². The number of hydrogen-bond donors (Lipinski definition) is 2. The predicted molar refractivity (Wildman–Crippen MR) is 109 cm³/mol. The summed E-state index contributed by atoms with van der Waals surface area (Å²) >= 11 is 6.41. The highest BCUT2D eigenvalue weighted by atomic mass is 35.5. The Morgan fingerprint density at radius 3 is 2.44 bits per heavy atom. The quantitative estimate of drug-likeness (QED) is 0.784. The molecule has 0 radical (unpaired) electrons. The van der Waals surface area contributed by atoms with E-state index in [0.29, 0.717) is 19.4 Å². The van der Waals surface area contributed by atoms with E-state index in [-0.39, 0.29) is 18.3 Å². The molecule has 0 saturated carbocycles. The topological polar surface area (TPSA) is 58.9 Å². The van der Waals surface area contributed by atoms with Crippen LogP contribution in [0.2, 0.25) is 5.02 Å². The zero-order valence-corrected chi connectivity index (χ0v) is 16.9. The van der Waals surface area contributed by atoms with Gasteiger partial charge in [0.15, 0.2) is 0 Å². The van der Waals surface area contributed by atoms with Crippen molar-refractivity contribution >= 4 is 11.6 Å². The normalized spacial score (nSPS) is 21.9. The lowest BCUT2D eigenvalue weighted by molar-refractivity contribution is -0.0895. The molecule has 4 nitrogen and oxygen atoms in total. The smallest absolute Gasteiger partial charge is 0.119 e. The number of hydrogen-bond acceptors (Lipinski definition) is 4. The molecule has 1 heterocycles. The van der Waals surface area contributed by atoms with Gasteiger partial charge in [0.25, 0.3) is 0 Å². The molecule has 0 amide bonds. The molecular formula is C22H29ClO4. The highest BCUT2D eigenvalue weighted by Crippen LogP contribution is 2.33. The fourth-order valence-electron chi connectivity index (χ4n) is 3.35. The number of rotatable bonds is 5. The third-order valence-electron chi connectivity index (χ3n) is 4.56. The molecule has 1 aliphatic rings. The third kappa shape index (κ3) is 6.22. The summed E-state index contributed by atoms with van der Waals surface area (Å²) in [6.45, 7) is 4.65. The maximum absolute atomic E-state index is 10.0. The van der Waals surface area contributed by atoms with Gasteiger partial charge in [0, 0.05) is 18.6 Å². The molecular weight excluding hydrogens is 364 g/mol. The maximum atomic E-state index is 10.0. The molecule has 2 aromatic carbocycles. The molecule has 3 rings (SSSR count). The molecule has 0 bridgehead atoms. The second-order valence-corrected chi connectivity index (χ2v) is 7.07. The van der Waals surface area contributed by atoms with Gasteiger partial charge in [0.05, 0.1) is 24.9 Å². The van der Waals surface area contributed by atoms with Crippen molar-refractivity contribution < 1.29 is 19.7 Å². The van der Waals surface area contributed by atoms with Crippen molar-refractivity contribution in [3.63, 3.8) is 0 Å². The Hall–Kier alpha value is -1.59. The van der Waals surface area contributed by atoms with E-state index in [1.165, 1.54) is 5.56 Å². The van der Waals surface area contributed by atoms with Gasteiger partial charge in [-0.2, -0.15) is 0 Å². The summed E-state index contributed by atoms with van der Waals surface area (Å²) in [5.74, 6) is 0.879. The van der Waals surface area contributed by atoms with Crippen molar-refractivity contribution in [2.45, 2.75) is 51.4 Å². The first kappa shape index (κ1) is 21.7. The molecule has 27 heavy (non-hydrogen) atoms. The van der Waals surface area contributed by atoms with E-state index in [1.54, 1.807) is 0 Å². The van der Waals surface area contributed by atoms with Gasteiger partial charge < -0.3 is 19.7 Å². The minimum Gasteiger partial charge on any atom is -0.494 e. The van der Waals surface area contributed by atoms with Crippen LogP contribution in [0.5, 0.6) is 5.75 Å². The van der Waals surface area contributed by atoms with E-state index in [4.69, 9.17) is 26.2 Å². The van der Waals surface area contributed by atoms with Crippen LogP contribution in [0.1, 0.15) is 49.5 Å². The summed E-state index contributed by atoms with van der Waals surface area (Å²) in [5, 5.41) is 17.8. The van der Waals surface area contributed by atoms with Gasteiger partial charge in [-0.3, -0.25) is 0 Å². The van der Waals surface area contributed by atoms with Crippen molar-refractivity contribution in [2.24, 2.45) is 0 Å². The number of aliphatic hydroxyl groups excluding tert-OH is 2. The number of benzene rings is 2. The Balaban J connectivity index is 0.00000126. The molecule has 3 unspecified atom stereocenters. The van der Waals surface area contributed by atoms with Gasteiger partial charge in [-0.25, -0.2) is 0 Å². The largest absolute Gasteiger partial charge is 0.494 e. The fourth-order valence-corrected chi connectivity index (χ4v) is 3.54. The zero-order chi connectivity index (χ0) is 19.8. The van der Waals surface area contributed by atoms with Crippen LogP contribution < -0.4 is 4.74 Å². The van der Waals surface area contributed by atoms with Crippen LogP contribution in [0.4, 0.5) is 0 Å². The summed E-state index contributed by atoms with van der Waals surface area (Å²) < 4.78 is 11.5. The second kappa shape index (κ2) is 10.7. The molecule has 0 spiro atoms. The summed E-state index contributed by atoms with van der Waals surface area (Å²) in [6.07, 6.45) is 1.77. The van der Waals surface area contributed by atoms with E-state index < -0.39 is 0 Å². The van der Waals surface area contributed by atoms with Crippen LogP contribution in [-0.4, -0.2) is 36.1 Å². The summed E-state index contributed by atoms with van der Waals surface area (Å²) in [5.41, 5.74) is 3.33. The molecule has 5 heteroatoms. The van der Waals surface area contributed by atoms with Gasteiger partial charge in [-0.05, 0) is 61.6 Å². The molecule has 0 aliphatic carbocycles. The Kier molecular flexibility index (Phi) is 8.58. The third-order valence-corrected chi connectivity index (χ3v) is 4.93. The maximum Gasteiger partial charge on any atom is 0.119 e. The van der Waals surface area contributed by atoms with Crippen LogP contribution in [-0.2, 0) is 11.2 Å². The van der Waals surface area contributed by atoms with E-state index in [0.717, 1.165) is 35.4 Å². The lowest BCUT2D eigenvalue weighted by atomic mass is 9.94. The van der Waals surface area contributed by atoms with Crippen molar-refractivity contribution in [3.8, 4) is 5.75 Å². The Morgan fingerprint density at radius 1 is 1.11 bits per heavy atom. The summed E-state index contributed by atoms with van der Waals surface area (Å²) in [7, 11) is 1.00. The highest BCUT2D eigenvalue weighted by Gasteiger charge is 2.27. The predicted octanol–water partition coefficient (Wildman–Crippen LogP) is 4.54. The summed E-state index contributed by atoms with van der Waals surface area (Å²) in [6, 6.07) is 14.1. The monoisotopic (exact) mass is 392 g/mol. The van der Waals surface area contributed by atoms with Crippen molar-refractivity contribution in [1.82, 2.24) is 0 Å². The first-order chi connectivity index (χ1) is 13.0. The fraction of sp³-hybridized carbons (Fsp3) is 0.455. The standard InChI is InChI=1S/C21H25ClO3.CH4O/c1-3-24-19-7-4-15(5-8-19)11-17-12-16(6-9-20(17)22)21-13-18(23)10-14(2)25-21;1-2/h4-9,12,14,18,21,23H,3,10-11,13H2,1-2H3;2H,1H3. The highest BCUT2D eigenvalue weighted by molar-refractivity contribution is 6.31. The molecule has 1 aliphatic heterocycles. The van der Waals surface area contributed by atoms with Crippen LogP contribution in [0.3, 0.4) is 0 Å². The average Bonchev–Trinajstić information content (AvgIpc) is 2.66. The number of halogens is 1. The van der Waals surface area contributed by atoms with E-state index in [2.05, 4.69) is 18.2 Å². The molecule has 3 atom stereocenters. The van der Waals surface area contributed by atoms with Crippen LogP contribution in [0.15, 0.2) is 42.5 Å². The minimum atomic E-state index is -0.306. The lowest BCUT2D eigenvalue weighted by Gasteiger charge is -2.31. The summed E-state index contributed by atoms with van der Waals surface area (Å²) in [4.78, 5) is 0. The molecule has 148 valence electrons. The second-order valence-electron chi connectivity index (χ2n) is 6.67.